The van der Waals surface area contributed by atoms with E-state index in [2.05, 4.69) is 10.0 Å². The maximum atomic E-state index is 12.0. The van der Waals surface area contributed by atoms with E-state index in [-0.39, 0.29) is 17.9 Å². The number of benzene rings is 3. The van der Waals surface area contributed by atoms with E-state index in [9.17, 15) is 13.8 Å². The Morgan fingerprint density at radius 3 is 2.59 bits per heavy atom. The minimum Gasteiger partial charge on any atom is -0.486 e. The Bertz CT molecular complexity index is 1330. The molecule has 0 saturated heterocycles. The van der Waals surface area contributed by atoms with Crippen molar-refractivity contribution >= 4 is 27.7 Å². The molecule has 0 saturated carbocycles. The minimum atomic E-state index is -1.52. The second kappa shape index (κ2) is 9.15. The highest BCUT2D eigenvalue weighted by atomic mass is 32.2. The summed E-state index contributed by atoms with van der Waals surface area (Å²) in [5.41, 5.74) is 3.41. The number of carbonyl (C=O) groups is 2. The van der Waals surface area contributed by atoms with Gasteiger partial charge in [0.05, 0.1) is 4.91 Å². The van der Waals surface area contributed by atoms with Gasteiger partial charge in [-0.2, -0.15) is 0 Å². The summed E-state index contributed by atoms with van der Waals surface area (Å²) in [6.07, 6.45) is 2.85. The third-order valence-electron chi connectivity index (χ3n) is 5.80. The van der Waals surface area contributed by atoms with Crippen LogP contribution in [0.15, 0.2) is 72.8 Å². The van der Waals surface area contributed by atoms with Crippen molar-refractivity contribution < 1.29 is 23.3 Å². The van der Waals surface area contributed by atoms with Gasteiger partial charge < -0.3 is 14.8 Å². The molecule has 5 rings (SSSR count). The van der Waals surface area contributed by atoms with Crippen molar-refractivity contribution in [2.75, 3.05) is 7.05 Å². The Morgan fingerprint density at radius 2 is 1.85 bits per heavy atom. The fraction of sp³-hybridized carbons (Fsp3) is 0.154. The molecule has 8 heteroatoms. The lowest BCUT2D eigenvalue weighted by Gasteiger charge is -2.16. The van der Waals surface area contributed by atoms with Gasteiger partial charge in [-0.15, -0.1) is 0 Å². The van der Waals surface area contributed by atoms with Gasteiger partial charge in [-0.25, -0.2) is 4.21 Å². The fourth-order valence-electron chi connectivity index (χ4n) is 4.17. The lowest BCUT2D eigenvalue weighted by atomic mass is 10.1. The molecule has 2 N–H and O–H groups in total. The minimum absolute atomic E-state index is 0.121. The Balaban J connectivity index is 1.32. The van der Waals surface area contributed by atoms with Crippen LogP contribution in [0.25, 0.3) is 4.91 Å². The van der Waals surface area contributed by atoms with Crippen LogP contribution in [0.4, 0.5) is 0 Å². The smallest absolute Gasteiger partial charge is 0.257 e. The molecule has 7 nitrogen and oxygen atoms in total. The molecule has 3 aromatic carbocycles. The molecule has 2 amide bonds. The van der Waals surface area contributed by atoms with Gasteiger partial charge in [0.15, 0.2) is 11.0 Å². The Morgan fingerprint density at radius 1 is 1.06 bits per heavy atom. The van der Waals surface area contributed by atoms with E-state index in [1.165, 1.54) is 6.08 Å². The number of fused-ring (bicyclic) bond motifs is 1. The van der Waals surface area contributed by atoms with Gasteiger partial charge in [-0.3, -0.25) is 14.3 Å². The predicted octanol–water partition coefficient (Wildman–Crippen LogP) is 4.04. The average molecular weight is 475 g/mol. The number of rotatable bonds is 6. The van der Waals surface area contributed by atoms with E-state index in [4.69, 9.17) is 9.47 Å². The van der Waals surface area contributed by atoms with E-state index in [1.807, 2.05) is 36.4 Å². The maximum Gasteiger partial charge on any atom is 0.257 e. The molecule has 3 aromatic rings. The van der Waals surface area contributed by atoms with Gasteiger partial charge in [0.2, 0.25) is 0 Å². The average Bonchev–Trinajstić information content (AvgIpc) is 3.42. The largest absolute Gasteiger partial charge is 0.486 e. The monoisotopic (exact) mass is 474 g/mol. The summed E-state index contributed by atoms with van der Waals surface area (Å²) in [4.78, 5) is 23.8. The van der Waals surface area contributed by atoms with Crippen LogP contribution in [0.1, 0.15) is 39.6 Å². The van der Waals surface area contributed by atoms with Crippen LogP contribution in [-0.2, 0) is 22.2 Å². The standard InChI is InChI=1S/C26H22N2O5S/c1-27-26(30)17-4-2-5-19(14-17)33-22-7-3-6-20-21(22)12-13-23(20)32-18-10-8-16(9-11-18)24-15-25(29)28-34(24)31/h2-11,14-15,23H,12-13H2,1H3,(H,27,30)(H,28,29)/t23-,34?/m1/s1. The molecule has 2 atom stereocenters. The molecule has 0 fully saturated rings. The highest BCUT2D eigenvalue weighted by Gasteiger charge is 2.27. The molecular weight excluding hydrogens is 452 g/mol. The lowest BCUT2D eigenvalue weighted by Crippen LogP contribution is -2.17. The van der Waals surface area contributed by atoms with Gasteiger partial charge in [-0.1, -0.05) is 30.3 Å². The first-order valence-corrected chi connectivity index (χ1v) is 12.0. The molecule has 0 aromatic heterocycles. The molecule has 0 bridgehead atoms. The summed E-state index contributed by atoms with van der Waals surface area (Å²) in [5, 5.41) is 2.62. The number of hydrogen-bond donors (Lipinski definition) is 2. The van der Waals surface area contributed by atoms with E-state index >= 15 is 0 Å². The molecule has 1 heterocycles. The first-order valence-electron chi connectivity index (χ1n) is 10.8. The third kappa shape index (κ3) is 4.32. The molecular formula is C26H22N2O5S. The van der Waals surface area contributed by atoms with Crippen LogP contribution in [0.3, 0.4) is 0 Å². The van der Waals surface area contributed by atoms with E-state index in [0.29, 0.717) is 27.5 Å². The highest BCUT2D eigenvalue weighted by Crippen LogP contribution is 2.41. The summed E-state index contributed by atoms with van der Waals surface area (Å²) in [5.74, 6) is 1.52. The molecule has 34 heavy (non-hydrogen) atoms. The van der Waals surface area contributed by atoms with E-state index < -0.39 is 11.0 Å². The number of hydrogen-bond acceptors (Lipinski definition) is 5. The second-order valence-corrected chi connectivity index (χ2v) is 9.13. The fourth-order valence-corrected chi connectivity index (χ4v) is 5.09. The summed E-state index contributed by atoms with van der Waals surface area (Å²) in [6.45, 7) is 0. The SMILES string of the molecule is CNC(=O)c1cccc(Oc2cccc3c2CC[C@H]3Oc2ccc(C3=CC(=O)NS3=O)cc2)c1. The van der Waals surface area contributed by atoms with Crippen LogP contribution in [0.2, 0.25) is 0 Å². The van der Waals surface area contributed by atoms with Crippen LogP contribution < -0.4 is 19.5 Å². The van der Waals surface area contributed by atoms with E-state index in [0.717, 1.165) is 29.7 Å². The molecule has 172 valence electrons. The molecule has 0 spiro atoms. The van der Waals surface area contributed by atoms with Crippen molar-refractivity contribution in [3.05, 3.63) is 95.1 Å². The maximum absolute atomic E-state index is 12.0. The second-order valence-electron chi connectivity index (χ2n) is 7.95. The summed E-state index contributed by atoms with van der Waals surface area (Å²) < 4.78 is 26.7. The highest BCUT2D eigenvalue weighted by molar-refractivity contribution is 7.93. The van der Waals surface area contributed by atoms with Crippen LogP contribution in [0, 0.1) is 0 Å². The van der Waals surface area contributed by atoms with Crippen molar-refractivity contribution in [2.24, 2.45) is 0 Å². The summed E-state index contributed by atoms with van der Waals surface area (Å²) >= 11 is 0. The van der Waals surface area contributed by atoms with Crippen molar-refractivity contribution in [2.45, 2.75) is 18.9 Å². The van der Waals surface area contributed by atoms with Crippen molar-refractivity contribution in [1.29, 1.82) is 0 Å². The quantitative estimate of drug-likeness (QED) is 0.563. The van der Waals surface area contributed by atoms with Crippen LogP contribution >= 0.6 is 0 Å². The first-order chi connectivity index (χ1) is 16.5. The zero-order valence-corrected chi connectivity index (χ0v) is 19.2. The van der Waals surface area contributed by atoms with Crippen molar-refractivity contribution in [1.82, 2.24) is 10.0 Å². The molecule has 1 aliphatic carbocycles. The van der Waals surface area contributed by atoms with Gasteiger partial charge in [-0.05, 0) is 60.4 Å². The molecule has 0 radical (unpaired) electrons. The zero-order chi connectivity index (χ0) is 23.7. The Labute approximate surface area is 199 Å². The van der Waals surface area contributed by atoms with Crippen molar-refractivity contribution in [3.63, 3.8) is 0 Å². The Hall–Kier alpha value is -3.91. The number of ether oxygens (including phenoxy) is 2. The van der Waals surface area contributed by atoms with Crippen LogP contribution in [0.5, 0.6) is 17.2 Å². The topological polar surface area (TPSA) is 93.7 Å². The first kappa shape index (κ1) is 21.9. The van der Waals surface area contributed by atoms with Gasteiger partial charge >= 0.3 is 0 Å². The summed E-state index contributed by atoms with van der Waals surface area (Å²) in [6, 6.07) is 20.2. The number of amides is 2. The van der Waals surface area contributed by atoms with Crippen LogP contribution in [-0.4, -0.2) is 23.1 Å². The third-order valence-corrected chi connectivity index (χ3v) is 6.94. The normalized spacial score (nSPS) is 18.6. The predicted molar refractivity (Wildman–Crippen MR) is 129 cm³/mol. The lowest BCUT2D eigenvalue weighted by molar-refractivity contribution is -0.114. The molecule has 1 aliphatic heterocycles. The Kier molecular flexibility index (Phi) is 5.90. The van der Waals surface area contributed by atoms with Crippen molar-refractivity contribution in [3.8, 4) is 17.2 Å². The zero-order valence-electron chi connectivity index (χ0n) is 18.4. The molecule has 1 unspecified atom stereocenters. The number of carbonyl (C=O) groups excluding carboxylic acids is 2. The van der Waals surface area contributed by atoms with Gasteiger partial charge in [0, 0.05) is 24.3 Å². The van der Waals surface area contributed by atoms with Gasteiger partial charge in [0.1, 0.15) is 23.4 Å². The van der Waals surface area contributed by atoms with Gasteiger partial charge in [0.25, 0.3) is 11.8 Å². The summed E-state index contributed by atoms with van der Waals surface area (Å²) in [7, 11) is 0.0740. The molecule has 2 aliphatic rings. The number of nitrogens with one attached hydrogen (secondary N) is 2. The van der Waals surface area contributed by atoms with E-state index in [1.54, 1.807) is 37.4 Å².